The molecule has 0 unspecified atom stereocenters. The lowest BCUT2D eigenvalue weighted by Gasteiger charge is -2.18. The molecule has 8 nitrogen and oxygen atoms in total. The number of carbonyl (C=O) groups is 3. The number of carbonyl (C=O) groups excluding carboxylic acids is 2. The number of hydrogen-bond donors (Lipinski definition) is 4. The van der Waals surface area contributed by atoms with Crippen molar-refractivity contribution in [3.63, 3.8) is 0 Å². The highest BCUT2D eigenvalue weighted by atomic mass is 35.5. The van der Waals surface area contributed by atoms with Gasteiger partial charge in [0.25, 0.3) is 11.8 Å². The van der Waals surface area contributed by atoms with Gasteiger partial charge in [-0.05, 0) is 59.4 Å². The summed E-state index contributed by atoms with van der Waals surface area (Å²) in [5, 5.41) is 20.5. The Morgan fingerprint density at radius 2 is 1.74 bits per heavy atom. The SMILES string of the molecule is CC(C)c1cc(C(=O)NNC=C2C(=O)N(c3cccc(C(=O)O)c3)c3cc(Cl)ccc32)c(O)c(C(C)C)c1. The number of hydrazine groups is 1. The molecule has 0 saturated heterocycles. The third-order valence-corrected chi connectivity index (χ3v) is 6.61. The van der Waals surface area contributed by atoms with E-state index in [-0.39, 0.29) is 34.3 Å². The Kier molecular flexibility index (Phi) is 7.46. The van der Waals surface area contributed by atoms with Gasteiger partial charge in [-0.1, -0.05) is 57.5 Å². The molecule has 1 aliphatic rings. The molecule has 0 aliphatic carbocycles. The van der Waals surface area contributed by atoms with Crippen LogP contribution in [0.5, 0.6) is 5.75 Å². The van der Waals surface area contributed by atoms with Crippen LogP contribution in [0, 0.1) is 0 Å². The number of nitrogens with one attached hydrogen (secondary N) is 2. The molecule has 1 aliphatic heterocycles. The van der Waals surface area contributed by atoms with Gasteiger partial charge in [0.05, 0.1) is 28.1 Å². The third-order valence-electron chi connectivity index (χ3n) is 6.37. The van der Waals surface area contributed by atoms with Gasteiger partial charge in [-0.3, -0.25) is 19.9 Å². The molecule has 1 heterocycles. The summed E-state index contributed by atoms with van der Waals surface area (Å²) in [5.41, 5.74) is 8.62. The number of benzene rings is 3. The highest BCUT2D eigenvalue weighted by Gasteiger charge is 2.34. The molecule has 4 rings (SSSR count). The first kappa shape index (κ1) is 26.8. The fourth-order valence-corrected chi connectivity index (χ4v) is 4.47. The van der Waals surface area contributed by atoms with E-state index in [0.717, 1.165) is 5.56 Å². The van der Waals surface area contributed by atoms with E-state index in [1.54, 1.807) is 36.4 Å². The van der Waals surface area contributed by atoms with Crippen LogP contribution < -0.4 is 15.8 Å². The van der Waals surface area contributed by atoms with Gasteiger partial charge in [0.2, 0.25) is 0 Å². The quantitative estimate of drug-likeness (QED) is 0.220. The van der Waals surface area contributed by atoms with Gasteiger partial charge >= 0.3 is 5.97 Å². The van der Waals surface area contributed by atoms with Crippen LogP contribution in [0.1, 0.15) is 76.9 Å². The van der Waals surface area contributed by atoms with Crippen LogP contribution in [0.2, 0.25) is 5.02 Å². The van der Waals surface area contributed by atoms with E-state index in [4.69, 9.17) is 11.6 Å². The second-order valence-electron chi connectivity index (χ2n) is 9.63. The largest absolute Gasteiger partial charge is 0.507 e. The number of hydrogen-bond acceptors (Lipinski definition) is 5. The third kappa shape index (κ3) is 5.08. The van der Waals surface area contributed by atoms with Gasteiger partial charge in [0.15, 0.2) is 0 Å². The lowest BCUT2D eigenvalue weighted by molar-refractivity contribution is -0.112. The minimum absolute atomic E-state index is 0.0142. The maximum atomic E-state index is 13.5. The van der Waals surface area contributed by atoms with Crippen molar-refractivity contribution in [3.8, 4) is 5.75 Å². The Labute approximate surface area is 225 Å². The van der Waals surface area contributed by atoms with Crippen molar-refractivity contribution in [3.05, 3.63) is 93.6 Å². The van der Waals surface area contributed by atoms with Gasteiger partial charge in [-0.15, -0.1) is 0 Å². The Bertz CT molecular complexity index is 1480. The molecule has 2 amide bonds. The highest BCUT2D eigenvalue weighted by molar-refractivity contribution is 6.36. The molecule has 3 aromatic carbocycles. The lowest BCUT2D eigenvalue weighted by Crippen LogP contribution is -2.34. The molecule has 196 valence electrons. The zero-order valence-electron chi connectivity index (χ0n) is 21.4. The number of carboxylic acid groups (broad SMARTS) is 1. The van der Waals surface area contributed by atoms with Crippen molar-refractivity contribution < 1.29 is 24.6 Å². The smallest absolute Gasteiger partial charge is 0.335 e. The standard InChI is InChI=1S/C29H28ClN3O5/c1-15(2)18-11-22(16(3)4)26(34)23(12-18)27(35)32-31-14-24-21-9-8-19(30)13-25(21)33(28(24)36)20-7-5-6-17(10-20)29(37)38/h5-16,31,34H,1-4H3,(H,32,35)(H,37,38). The predicted octanol–water partition coefficient (Wildman–Crippen LogP) is 5.94. The van der Waals surface area contributed by atoms with Crippen LogP contribution in [0.25, 0.3) is 5.57 Å². The van der Waals surface area contributed by atoms with Gasteiger partial charge in [0, 0.05) is 16.8 Å². The Morgan fingerprint density at radius 1 is 1.00 bits per heavy atom. The zero-order valence-corrected chi connectivity index (χ0v) is 22.1. The van der Waals surface area contributed by atoms with E-state index < -0.39 is 17.8 Å². The number of amides is 2. The molecule has 4 N–H and O–H groups in total. The number of phenolic OH excluding ortho intramolecular Hbond substituents is 1. The summed E-state index contributed by atoms with van der Waals surface area (Å²) >= 11 is 6.20. The average Bonchev–Trinajstić information content (AvgIpc) is 3.13. The van der Waals surface area contributed by atoms with Gasteiger partial charge in [0.1, 0.15) is 5.75 Å². The van der Waals surface area contributed by atoms with E-state index >= 15 is 0 Å². The minimum atomic E-state index is -1.12. The van der Waals surface area contributed by atoms with Crippen LogP contribution in [0.4, 0.5) is 11.4 Å². The molecule has 0 saturated carbocycles. The van der Waals surface area contributed by atoms with Crippen molar-refractivity contribution >= 4 is 46.3 Å². The van der Waals surface area contributed by atoms with Crippen molar-refractivity contribution in [2.45, 2.75) is 39.5 Å². The van der Waals surface area contributed by atoms with E-state index in [9.17, 15) is 24.6 Å². The second kappa shape index (κ2) is 10.6. The molecule has 38 heavy (non-hydrogen) atoms. The number of rotatable bonds is 7. The Morgan fingerprint density at radius 3 is 2.39 bits per heavy atom. The van der Waals surface area contributed by atoms with Crippen LogP contribution in [-0.4, -0.2) is 28.0 Å². The van der Waals surface area contributed by atoms with Crippen molar-refractivity contribution in [2.75, 3.05) is 4.90 Å². The van der Waals surface area contributed by atoms with E-state index in [2.05, 4.69) is 10.9 Å². The molecule has 3 aromatic rings. The Balaban J connectivity index is 1.64. The minimum Gasteiger partial charge on any atom is -0.507 e. The molecular weight excluding hydrogens is 506 g/mol. The van der Waals surface area contributed by atoms with Crippen LogP contribution >= 0.6 is 11.6 Å². The summed E-state index contributed by atoms with van der Waals surface area (Å²) in [7, 11) is 0. The van der Waals surface area contributed by atoms with E-state index in [0.29, 0.717) is 27.5 Å². The average molecular weight is 534 g/mol. The summed E-state index contributed by atoms with van der Waals surface area (Å²) in [4.78, 5) is 39.3. The molecule has 0 bridgehead atoms. The molecule has 9 heteroatoms. The Hall–Kier alpha value is -4.30. The first-order chi connectivity index (χ1) is 18.0. The number of aromatic carboxylic acids is 1. The van der Waals surface area contributed by atoms with E-state index in [1.807, 2.05) is 33.8 Å². The van der Waals surface area contributed by atoms with Crippen LogP contribution in [-0.2, 0) is 4.79 Å². The summed E-state index contributed by atoms with van der Waals surface area (Å²) < 4.78 is 0. The first-order valence-corrected chi connectivity index (χ1v) is 12.5. The number of nitrogens with zero attached hydrogens (tertiary/aromatic N) is 1. The van der Waals surface area contributed by atoms with Crippen LogP contribution in [0.3, 0.4) is 0 Å². The normalized spacial score (nSPS) is 13.8. The fourth-order valence-electron chi connectivity index (χ4n) is 4.30. The maximum absolute atomic E-state index is 13.5. The summed E-state index contributed by atoms with van der Waals surface area (Å²) in [6.45, 7) is 7.90. The number of aromatic hydroxyl groups is 1. The summed E-state index contributed by atoms with van der Waals surface area (Å²) in [6.07, 6.45) is 1.36. The molecule has 0 atom stereocenters. The molecule has 0 fully saturated rings. The number of phenols is 1. The maximum Gasteiger partial charge on any atom is 0.335 e. The number of anilines is 2. The zero-order chi connectivity index (χ0) is 27.7. The number of carboxylic acids is 1. The summed E-state index contributed by atoms with van der Waals surface area (Å²) in [6, 6.07) is 14.5. The first-order valence-electron chi connectivity index (χ1n) is 12.1. The fraction of sp³-hybridized carbons (Fsp3) is 0.207. The van der Waals surface area contributed by atoms with Gasteiger partial charge < -0.3 is 15.6 Å². The molecule has 0 radical (unpaired) electrons. The van der Waals surface area contributed by atoms with E-state index in [1.165, 1.54) is 23.2 Å². The van der Waals surface area contributed by atoms with Gasteiger partial charge in [-0.25, -0.2) is 4.79 Å². The highest BCUT2D eigenvalue weighted by Crippen LogP contribution is 2.42. The summed E-state index contributed by atoms with van der Waals surface area (Å²) in [5.74, 6) is -2.02. The number of halogens is 1. The second-order valence-corrected chi connectivity index (χ2v) is 10.1. The molecular formula is C29H28ClN3O5. The molecule has 0 spiro atoms. The monoisotopic (exact) mass is 533 g/mol. The van der Waals surface area contributed by atoms with Crippen molar-refractivity contribution in [2.24, 2.45) is 0 Å². The lowest BCUT2D eigenvalue weighted by atomic mass is 9.92. The van der Waals surface area contributed by atoms with Gasteiger partial charge in [-0.2, -0.15) is 0 Å². The number of fused-ring (bicyclic) bond motifs is 1. The van der Waals surface area contributed by atoms with Crippen molar-refractivity contribution in [1.82, 2.24) is 10.9 Å². The van der Waals surface area contributed by atoms with Crippen LogP contribution in [0.15, 0.2) is 60.8 Å². The topological polar surface area (TPSA) is 119 Å². The molecule has 0 aromatic heterocycles. The van der Waals surface area contributed by atoms with Crippen molar-refractivity contribution in [1.29, 1.82) is 0 Å². The predicted molar refractivity (Wildman–Crippen MR) is 147 cm³/mol.